The molecule has 19 heavy (non-hydrogen) atoms. The highest BCUT2D eigenvalue weighted by Gasteiger charge is 2.18. The van der Waals surface area contributed by atoms with Gasteiger partial charge in [0, 0.05) is 18.9 Å². The smallest absolute Gasteiger partial charge is 0.0914 e. The molecule has 1 fully saturated rings. The van der Waals surface area contributed by atoms with Crippen molar-refractivity contribution < 1.29 is 0 Å². The predicted molar refractivity (Wildman–Crippen MR) is 75.8 cm³/mol. The first-order valence-corrected chi connectivity index (χ1v) is 7.05. The minimum absolute atomic E-state index is 0.737. The molecule has 1 atom stereocenters. The third kappa shape index (κ3) is 2.54. The molecule has 0 amide bonds. The van der Waals surface area contributed by atoms with Gasteiger partial charge in [0.15, 0.2) is 0 Å². The highest BCUT2D eigenvalue weighted by Crippen LogP contribution is 2.24. The van der Waals surface area contributed by atoms with Gasteiger partial charge in [-0.25, -0.2) is 0 Å². The van der Waals surface area contributed by atoms with Crippen LogP contribution in [0.4, 0.5) is 0 Å². The van der Waals surface area contributed by atoms with Crippen LogP contribution in [0.25, 0.3) is 11.4 Å². The van der Waals surface area contributed by atoms with E-state index >= 15 is 0 Å². The van der Waals surface area contributed by atoms with Gasteiger partial charge in [0.2, 0.25) is 0 Å². The van der Waals surface area contributed by atoms with E-state index in [4.69, 9.17) is 0 Å². The molecule has 0 aliphatic carbocycles. The Morgan fingerprint density at radius 3 is 3.11 bits per heavy atom. The molecule has 0 radical (unpaired) electrons. The molecule has 1 saturated heterocycles. The van der Waals surface area contributed by atoms with Crippen molar-refractivity contribution in [2.75, 3.05) is 13.1 Å². The molecule has 0 saturated carbocycles. The van der Waals surface area contributed by atoms with Crippen LogP contribution >= 0.6 is 0 Å². The summed E-state index contributed by atoms with van der Waals surface area (Å²) < 4.78 is 2.01. The lowest BCUT2D eigenvalue weighted by Crippen LogP contribution is -2.12. The average Bonchev–Trinajstić information content (AvgIpc) is 3.09. The lowest BCUT2D eigenvalue weighted by molar-refractivity contribution is 0.579. The van der Waals surface area contributed by atoms with Crippen molar-refractivity contribution in [3.05, 3.63) is 36.2 Å². The highest BCUT2D eigenvalue weighted by atomic mass is 15.3. The molecule has 3 heterocycles. The van der Waals surface area contributed by atoms with E-state index in [1.54, 1.807) is 0 Å². The maximum absolute atomic E-state index is 4.59. The Hall–Kier alpha value is -1.68. The van der Waals surface area contributed by atoms with Crippen molar-refractivity contribution in [3.8, 4) is 11.4 Å². The summed E-state index contributed by atoms with van der Waals surface area (Å²) in [7, 11) is 0. The normalized spacial score (nSPS) is 18.9. The fourth-order valence-corrected chi connectivity index (χ4v) is 2.82. The van der Waals surface area contributed by atoms with E-state index in [0.717, 1.165) is 43.4 Å². The average molecular weight is 256 g/mol. The van der Waals surface area contributed by atoms with Crippen LogP contribution in [0, 0.1) is 5.92 Å². The number of aromatic nitrogens is 3. The lowest BCUT2D eigenvalue weighted by atomic mass is 9.96. The maximum Gasteiger partial charge on any atom is 0.0914 e. The molecule has 100 valence electrons. The molecule has 2 aromatic rings. The Labute approximate surface area is 113 Å². The number of nitrogens with one attached hydrogen (secondary N) is 1. The highest BCUT2D eigenvalue weighted by molar-refractivity contribution is 5.58. The second-order valence-electron chi connectivity index (χ2n) is 5.11. The van der Waals surface area contributed by atoms with Gasteiger partial charge in [-0.1, -0.05) is 6.07 Å². The van der Waals surface area contributed by atoms with E-state index in [2.05, 4.69) is 34.5 Å². The first-order chi connectivity index (χ1) is 9.38. The maximum atomic E-state index is 4.59. The molecule has 1 aliphatic heterocycles. The van der Waals surface area contributed by atoms with Gasteiger partial charge in [0.1, 0.15) is 0 Å². The molecule has 1 N–H and O–H groups in total. The van der Waals surface area contributed by atoms with Crippen molar-refractivity contribution in [1.29, 1.82) is 0 Å². The summed E-state index contributed by atoms with van der Waals surface area (Å²) in [6.45, 7) is 5.26. The molecule has 3 rings (SSSR count). The second kappa shape index (κ2) is 5.53. The van der Waals surface area contributed by atoms with E-state index < -0.39 is 0 Å². The topological polar surface area (TPSA) is 42.7 Å². The largest absolute Gasteiger partial charge is 0.316 e. The number of hydrogen-bond acceptors (Lipinski definition) is 3. The van der Waals surface area contributed by atoms with Gasteiger partial charge >= 0.3 is 0 Å². The molecule has 0 spiro atoms. The van der Waals surface area contributed by atoms with E-state index in [-0.39, 0.29) is 0 Å². The number of hydrogen-bond donors (Lipinski definition) is 1. The third-order valence-corrected chi connectivity index (χ3v) is 3.82. The second-order valence-corrected chi connectivity index (χ2v) is 5.11. The molecular formula is C15H20N4. The fourth-order valence-electron chi connectivity index (χ4n) is 2.82. The number of pyridine rings is 1. The van der Waals surface area contributed by atoms with Crippen LogP contribution in [0.1, 0.15) is 18.9 Å². The van der Waals surface area contributed by atoms with Crippen LogP contribution in [0.15, 0.2) is 30.6 Å². The molecule has 4 heteroatoms. The van der Waals surface area contributed by atoms with E-state index in [1.807, 2.05) is 23.1 Å². The summed E-state index contributed by atoms with van der Waals surface area (Å²) >= 11 is 0. The lowest BCUT2D eigenvalue weighted by Gasteiger charge is -2.13. The zero-order valence-corrected chi connectivity index (χ0v) is 11.3. The van der Waals surface area contributed by atoms with Gasteiger partial charge in [-0.3, -0.25) is 9.67 Å². The predicted octanol–water partition coefficient (Wildman–Crippen LogP) is 2.12. The van der Waals surface area contributed by atoms with Gasteiger partial charge in [-0.2, -0.15) is 5.10 Å². The molecule has 0 bridgehead atoms. The Morgan fingerprint density at radius 1 is 1.37 bits per heavy atom. The van der Waals surface area contributed by atoms with Crippen LogP contribution in [-0.4, -0.2) is 27.9 Å². The van der Waals surface area contributed by atoms with Gasteiger partial charge in [0.05, 0.1) is 11.4 Å². The Bertz CT molecular complexity index is 541. The molecule has 0 aromatic carbocycles. The van der Waals surface area contributed by atoms with Gasteiger partial charge in [0.25, 0.3) is 0 Å². The monoisotopic (exact) mass is 256 g/mol. The molecule has 2 aromatic heterocycles. The first kappa shape index (κ1) is 12.4. The van der Waals surface area contributed by atoms with E-state index in [0.29, 0.717) is 0 Å². The summed E-state index contributed by atoms with van der Waals surface area (Å²) in [5.41, 5.74) is 3.56. The molecule has 1 aliphatic rings. The van der Waals surface area contributed by atoms with Crippen LogP contribution in [-0.2, 0) is 13.0 Å². The first-order valence-electron chi connectivity index (χ1n) is 7.05. The summed E-state index contributed by atoms with van der Waals surface area (Å²) in [5, 5.41) is 7.78. The summed E-state index contributed by atoms with van der Waals surface area (Å²) in [4.78, 5) is 4.59. The minimum atomic E-state index is 0.737. The van der Waals surface area contributed by atoms with E-state index in [9.17, 15) is 0 Å². The van der Waals surface area contributed by atoms with Crippen molar-refractivity contribution in [2.24, 2.45) is 5.92 Å². The number of aryl methyl sites for hydroxylation is 1. The molecular weight excluding hydrogens is 236 g/mol. The van der Waals surface area contributed by atoms with Gasteiger partial charge in [-0.05, 0) is 56.5 Å². The third-order valence-electron chi connectivity index (χ3n) is 3.82. The van der Waals surface area contributed by atoms with Crippen LogP contribution < -0.4 is 5.32 Å². The van der Waals surface area contributed by atoms with Gasteiger partial charge < -0.3 is 5.32 Å². The standard InChI is InChI=1S/C15H20N4/c1-2-19-14(6-9-18-19)15-13(4-3-7-17-15)10-12-5-8-16-11-12/h3-4,6-7,9,12,16H,2,5,8,10-11H2,1H3/t12-/m0/s1. The van der Waals surface area contributed by atoms with E-state index in [1.165, 1.54) is 12.0 Å². The van der Waals surface area contributed by atoms with Crippen molar-refractivity contribution >= 4 is 0 Å². The Balaban J connectivity index is 1.92. The Morgan fingerprint density at radius 2 is 2.32 bits per heavy atom. The zero-order valence-electron chi connectivity index (χ0n) is 11.3. The molecule has 4 nitrogen and oxygen atoms in total. The molecule has 0 unspecified atom stereocenters. The van der Waals surface area contributed by atoms with Crippen molar-refractivity contribution in [3.63, 3.8) is 0 Å². The van der Waals surface area contributed by atoms with Crippen molar-refractivity contribution in [2.45, 2.75) is 26.3 Å². The SMILES string of the molecule is CCn1nccc1-c1ncccc1C[C@@H]1CCNC1. The summed E-state index contributed by atoms with van der Waals surface area (Å²) in [5.74, 6) is 0.737. The summed E-state index contributed by atoms with van der Waals surface area (Å²) in [6, 6.07) is 6.30. The zero-order chi connectivity index (χ0) is 13.1. The minimum Gasteiger partial charge on any atom is -0.316 e. The Kier molecular flexibility index (Phi) is 3.60. The van der Waals surface area contributed by atoms with Crippen LogP contribution in [0.2, 0.25) is 0 Å². The van der Waals surface area contributed by atoms with Gasteiger partial charge in [-0.15, -0.1) is 0 Å². The number of rotatable bonds is 4. The number of nitrogens with zero attached hydrogens (tertiary/aromatic N) is 3. The van der Waals surface area contributed by atoms with Crippen molar-refractivity contribution in [1.82, 2.24) is 20.1 Å². The van der Waals surface area contributed by atoms with Crippen LogP contribution in [0.5, 0.6) is 0 Å². The fraction of sp³-hybridized carbons (Fsp3) is 0.467. The summed E-state index contributed by atoms with van der Waals surface area (Å²) in [6.07, 6.45) is 6.10. The quantitative estimate of drug-likeness (QED) is 0.911. The van der Waals surface area contributed by atoms with Crippen LogP contribution in [0.3, 0.4) is 0 Å².